The van der Waals surface area contributed by atoms with E-state index in [2.05, 4.69) is 15.9 Å². The molecule has 0 aliphatic rings. The Labute approximate surface area is 67.4 Å². The van der Waals surface area contributed by atoms with E-state index in [-0.39, 0.29) is 5.56 Å². The van der Waals surface area contributed by atoms with Gasteiger partial charge in [0.25, 0.3) is 0 Å². The van der Waals surface area contributed by atoms with Crippen molar-refractivity contribution in [3.63, 3.8) is 0 Å². The summed E-state index contributed by atoms with van der Waals surface area (Å²) < 4.78 is 19.7. The Morgan fingerprint density at radius 3 is 2.80 bits per heavy atom. The molecule has 0 bridgehead atoms. The van der Waals surface area contributed by atoms with E-state index in [1.54, 1.807) is 0 Å². The van der Waals surface area contributed by atoms with Gasteiger partial charge < -0.3 is 0 Å². The maximum atomic E-state index is 12.5. The third-order valence-electron chi connectivity index (χ3n) is 0.980. The highest BCUT2D eigenvalue weighted by molar-refractivity contribution is 9.10. The molecule has 0 atom stereocenters. The van der Waals surface area contributed by atoms with Gasteiger partial charge in [-0.15, -0.1) is 0 Å². The van der Waals surface area contributed by atoms with E-state index in [9.17, 15) is 9.18 Å². The van der Waals surface area contributed by atoms with Gasteiger partial charge in [0.2, 0.25) is 0 Å². The fourth-order valence-electron chi connectivity index (χ4n) is 0.613. The molecular formula is C7H4BrFO. The first-order chi connectivity index (χ1) is 5.09. The van der Waals surface area contributed by atoms with Crippen LogP contribution < -0.4 is 0 Å². The molecule has 0 saturated carbocycles. The van der Waals surface area contributed by atoms with Gasteiger partial charge in [0.1, 0.15) is 13.5 Å². The molecule has 1 rings (SSSR count). The molecule has 1 aromatic carbocycles. The summed E-state index contributed by atoms with van der Waals surface area (Å²) in [6.07, 6.45) is -0.884. The van der Waals surface area contributed by atoms with Crippen LogP contribution in [0.2, 0.25) is 0 Å². The van der Waals surface area contributed by atoms with Crippen LogP contribution in [0.3, 0.4) is 0 Å². The van der Waals surface area contributed by atoms with E-state index in [0.717, 1.165) is 6.07 Å². The molecule has 1 nitrogen and oxygen atoms in total. The van der Waals surface area contributed by atoms with Gasteiger partial charge in [-0.05, 0) is 18.2 Å². The zero-order valence-electron chi connectivity index (χ0n) is 5.90. The molecule has 0 heterocycles. The first kappa shape index (κ1) is 6.04. The number of hydrogen-bond donors (Lipinski definition) is 0. The summed E-state index contributed by atoms with van der Waals surface area (Å²) in [6.45, 7) is 0. The molecule has 0 unspecified atom stereocenters. The van der Waals surface area contributed by atoms with Gasteiger partial charge >= 0.3 is 0 Å². The summed E-state index contributed by atoms with van der Waals surface area (Å²) in [5.74, 6) is -0.519. The predicted octanol–water partition coefficient (Wildman–Crippen LogP) is 2.40. The highest BCUT2D eigenvalue weighted by atomic mass is 79.9. The fraction of sp³-hybridized carbons (Fsp3) is 0. The molecule has 52 valence electrons. The minimum absolute atomic E-state index is 0.0527. The summed E-state index contributed by atoms with van der Waals surface area (Å²) in [5, 5.41) is 0. The fourth-order valence-corrected chi connectivity index (χ4v) is 1.08. The largest absolute Gasteiger partial charge is 0.298 e. The Balaban J connectivity index is 3.19. The van der Waals surface area contributed by atoms with Crippen LogP contribution in [0.5, 0.6) is 0 Å². The molecule has 0 aliphatic carbocycles. The Hall–Kier alpha value is -0.700. The highest BCUT2D eigenvalue weighted by Gasteiger charge is 1.95. The summed E-state index contributed by atoms with van der Waals surface area (Å²) >= 11 is 3.01. The minimum Gasteiger partial charge on any atom is -0.298 e. The molecule has 0 N–H and O–H groups in total. The van der Waals surface area contributed by atoms with Crippen molar-refractivity contribution < 1.29 is 10.6 Å². The molecule has 0 spiro atoms. The van der Waals surface area contributed by atoms with E-state index >= 15 is 0 Å². The number of benzene rings is 1. The molecule has 0 aliphatic heterocycles. The summed E-state index contributed by atoms with van der Waals surface area (Å²) in [4.78, 5) is 10.4. The molecule has 10 heavy (non-hydrogen) atoms. The summed E-state index contributed by atoms with van der Waals surface area (Å²) in [6, 6.07) is 3.66. The van der Waals surface area contributed by atoms with E-state index in [1.165, 1.54) is 12.1 Å². The van der Waals surface area contributed by atoms with Crippen molar-refractivity contribution in [1.82, 2.24) is 0 Å². The highest BCUT2D eigenvalue weighted by Crippen LogP contribution is 2.13. The van der Waals surface area contributed by atoms with Crippen LogP contribution in [0.15, 0.2) is 22.7 Å². The molecule has 0 radical (unpaired) electrons. The van der Waals surface area contributed by atoms with Crippen molar-refractivity contribution in [1.29, 1.82) is 0 Å². The van der Waals surface area contributed by atoms with Crippen molar-refractivity contribution in [3.8, 4) is 0 Å². The zero-order valence-corrected chi connectivity index (χ0v) is 6.48. The van der Waals surface area contributed by atoms with Crippen molar-refractivity contribution in [3.05, 3.63) is 34.1 Å². The average Bonchev–Trinajstić information content (AvgIpc) is 1.85. The number of halogens is 2. The van der Waals surface area contributed by atoms with E-state index in [0.29, 0.717) is 4.47 Å². The second kappa shape index (κ2) is 2.92. The van der Waals surface area contributed by atoms with Crippen molar-refractivity contribution in [2.24, 2.45) is 0 Å². The third kappa shape index (κ3) is 1.64. The van der Waals surface area contributed by atoms with Crippen molar-refractivity contribution in [2.45, 2.75) is 0 Å². The number of aldehydes is 1. The number of carbonyl (C=O) groups excluding carboxylic acids is 1. The molecule has 0 saturated heterocycles. The van der Waals surface area contributed by atoms with Gasteiger partial charge in [0.05, 0.1) is 0 Å². The molecule has 0 fully saturated rings. The number of carbonyl (C=O) groups is 1. The lowest BCUT2D eigenvalue weighted by atomic mass is 10.2. The first-order valence-electron chi connectivity index (χ1n) is 3.06. The summed E-state index contributed by atoms with van der Waals surface area (Å²) in [7, 11) is 0. The van der Waals surface area contributed by atoms with Crippen LogP contribution in [0, 0.1) is 5.82 Å². The Bertz CT molecular complexity index is 280. The van der Waals surface area contributed by atoms with Gasteiger partial charge in [0.15, 0.2) is 0 Å². The van der Waals surface area contributed by atoms with Gasteiger partial charge in [0, 0.05) is 10.0 Å². The second-order valence-electron chi connectivity index (χ2n) is 1.76. The topological polar surface area (TPSA) is 17.1 Å². The summed E-state index contributed by atoms with van der Waals surface area (Å²) in [5.41, 5.74) is 0.0527. The van der Waals surface area contributed by atoms with Crippen LogP contribution in [0.1, 0.15) is 11.7 Å². The molecular weight excluding hydrogens is 199 g/mol. The normalized spacial score (nSPS) is 10.8. The van der Waals surface area contributed by atoms with Gasteiger partial charge in [-0.25, -0.2) is 4.39 Å². The van der Waals surface area contributed by atoms with Crippen LogP contribution in [-0.2, 0) is 0 Å². The maximum Gasteiger partial charge on any atom is 0.150 e. The first-order valence-corrected chi connectivity index (χ1v) is 3.36. The lowest BCUT2D eigenvalue weighted by Gasteiger charge is -1.92. The molecule has 1 aromatic rings. The minimum atomic E-state index is -0.884. The molecule has 3 heteroatoms. The SMILES string of the molecule is [2H]C(=O)c1cc(F)cc(Br)c1. The maximum absolute atomic E-state index is 12.5. The number of rotatable bonds is 1. The average molecular weight is 204 g/mol. The Morgan fingerprint density at radius 2 is 2.30 bits per heavy atom. The van der Waals surface area contributed by atoms with Crippen molar-refractivity contribution in [2.75, 3.05) is 0 Å². The van der Waals surface area contributed by atoms with Crippen LogP contribution >= 0.6 is 15.9 Å². The monoisotopic (exact) mass is 203 g/mol. The van der Waals surface area contributed by atoms with Crippen LogP contribution in [-0.4, -0.2) is 6.26 Å². The van der Waals surface area contributed by atoms with Gasteiger partial charge in [-0.1, -0.05) is 15.9 Å². The van der Waals surface area contributed by atoms with Gasteiger partial charge in [-0.3, -0.25) is 4.79 Å². The van der Waals surface area contributed by atoms with E-state index in [4.69, 9.17) is 1.37 Å². The van der Waals surface area contributed by atoms with Gasteiger partial charge in [-0.2, -0.15) is 0 Å². The second-order valence-corrected chi connectivity index (χ2v) is 2.68. The van der Waals surface area contributed by atoms with E-state index < -0.39 is 12.1 Å². The Morgan fingerprint density at radius 1 is 1.60 bits per heavy atom. The van der Waals surface area contributed by atoms with E-state index in [1.807, 2.05) is 0 Å². The zero-order chi connectivity index (χ0) is 8.43. The Kier molecular flexibility index (Phi) is 1.77. The smallest absolute Gasteiger partial charge is 0.150 e. The lowest BCUT2D eigenvalue weighted by Crippen LogP contribution is -1.81. The lowest BCUT2D eigenvalue weighted by molar-refractivity contribution is 0.112. The predicted molar refractivity (Wildman–Crippen MR) is 39.5 cm³/mol. The standard InChI is InChI=1S/C7H4BrFO/c8-6-1-5(4-10)2-7(9)3-6/h1-4H/i4D. The third-order valence-corrected chi connectivity index (χ3v) is 1.44. The molecule has 0 aromatic heterocycles. The molecule has 0 amide bonds. The quantitative estimate of drug-likeness (QED) is 0.642. The van der Waals surface area contributed by atoms with Crippen LogP contribution in [0.4, 0.5) is 4.39 Å². The van der Waals surface area contributed by atoms with Crippen molar-refractivity contribution >= 4 is 22.2 Å². The number of hydrogen-bond acceptors (Lipinski definition) is 1. The van der Waals surface area contributed by atoms with Crippen LogP contribution in [0.25, 0.3) is 0 Å².